The van der Waals surface area contributed by atoms with Gasteiger partial charge in [0.1, 0.15) is 12.1 Å². The summed E-state index contributed by atoms with van der Waals surface area (Å²) in [6.45, 7) is 8.60. The summed E-state index contributed by atoms with van der Waals surface area (Å²) >= 11 is 0. The fourth-order valence-corrected chi connectivity index (χ4v) is 2.74. The van der Waals surface area contributed by atoms with Gasteiger partial charge in [-0.05, 0) is 12.3 Å². The number of nitrogens with zero attached hydrogens (tertiary/aromatic N) is 1. The van der Waals surface area contributed by atoms with Gasteiger partial charge in [-0.15, -0.1) is 6.58 Å². The van der Waals surface area contributed by atoms with Gasteiger partial charge in [0.05, 0.1) is 12.7 Å². The molecule has 1 N–H and O–H groups in total. The van der Waals surface area contributed by atoms with Gasteiger partial charge in [-0.1, -0.05) is 19.9 Å². The lowest BCUT2D eigenvalue weighted by molar-refractivity contribution is -0.155. The van der Waals surface area contributed by atoms with Crippen LogP contribution in [0.3, 0.4) is 0 Å². The van der Waals surface area contributed by atoms with Crippen molar-refractivity contribution in [1.82, 2.24) is 10.2 Å². The van der Waals surface area contributed by atoms with Crippen molar-refractivity contribution in [3.05, 3.63) is 12.7 Å². The molecule has 0 aliphatic carbocycles. The average molecular weight is 266 g/mol. The van der Waals surface area contributed by atoms with Crippen molar-refractivity contribution in [2.24, 2.45) is 5.92 Å². The second kappa shape index (κ2) is 5.74. The Bertz CT molecular complexity index is 381. The number of ether oxygens (including phenoxy) is 1. The summed E-state index contributed by atoms with van der Waals surface area (Å²) in [6.07, 6.45) is 3.10. The molecule has 2 aliphatic heterocycles. The maximum atomic E-state index is 12.3. The molecule has 2 fully saturated rings. The smallest absolute Gasteiger partial charge is 0.246 e. The largest absolute Gasteiger partial charge is 0.374 e. The van der Waals surface area contributed by atoms with Crippen LogP contribution in [0.4, 0.5) is 0 Å². The molecule has 5 heteroatoms. The molecule has 0 aromatic rings. The first kappa shape index (κ1) is 14.1. The number of rotatable bonds is 4. The van der Waals surface area contributed by atoms with Crippen molar-refractivity contribution in [2.45, 2.75) is 44.9 Å². The van der Waals surface area contributed by atoms with Crippen LogP contribution in [-0.2, 0) is 14.3 Å². The lowest BCUT2D eigenvalue weighted by Crippen LogP contribution is -2.67. The van der Waals surface area contributed by atoms with Gasteiger partial charge in [0.15, 0.2) is 0 Å². The van der Waals surface area contributed by atoms with Crippen LogP contribution >= 0.6 is 0 Å². The normalized spacial score (nSPS) is 31.1. The second-order valence-electron chi connectivity index (χ2n) is 5.55. The number of hydrogen-bond acceptors (Lipinski definition) is 3. The van der Waals surface area contributed by atoms with Crippen molar-refractivity contribution < 1.29 is 14.3 Å². The van der Waals surface area contributed by atoms with Crippen LogP contribution in [0.15, 0.2) is 12.7 Å². The zero-order chi connectivity index (χ0) is 14.0. The van der Waals surface area contributed by atoms with Crippen LogP contribution in [0.1, 0.15) is 26.7 Å². The molecule has 3 unspecified atom stereocenters. The predicted octanol–water partition coefficient (Wildman–Crippen LogP) is 0.703. The van der Waals surface area contributed by atoms with E-state index in [0.29, 0.717) is 19.6 Å². The van der Waals surface area contributed by atoms with E-state index in [4.69, 9.17) is 4.74 Å². The molecule has 2 heterocycles. The maximum absolute atomic E-state index is 12.3. The highest BCUT2D eigenvalue weighted by Gasteiger charge is 2.44. The minimum atomic E-state index is -0.380. The SMILES string of the molecule is C=CCOC1CCN2C(=O)C(C(C)C)NC(=O)C2C1. The topological polar surface area (TPSA) is 58.6 Å². The maximum Gasteiger partial charge on any atom is 0.246 e. The van der Waals surface area contributed by atoms with Crippen LogP contribution < -0.4 is 5.32 Å². The molecule has 106 valence electrons. The van der Waals surface area contributed by atoms with E-state index in [2.05, 4.69) is 11.9 Å². The highest BCUT2D eigenvalue weighted by molar-refractivity contribution is 5.97. The third-order valence-electron chi connectivity index (χ3n) is 3.82. The van der Waals surface area contributed by atoms with E-state index in [9.17, 15) is 9.59 Å². The summed E-state index contributed by atoms with van der Waals surface area (Å²) in [5, 5.41) is 2.84. The number of fused-ring (bicyclic) bond motifs is 1. The van der Waals surface area contributed by atoms with Gasteiger partial charge >= 0.3 is 0 Å². The van der Waals surface area contributed by atoms with Crippen molar-refractivity contribution in [1.29, 1.82) is 0 Å². The monoisotopic (exact) mass is 266 g/mol. The Balaban J connectivity index is 2.04. The Morgan fingerprint density at radius 3 is 2.89 bits per heavy atom. The summed E-state index contributed by atoms with van der Waals surface area (Å²) in [5.41, 5.74) is 0. The van der Waals surface area contributed by atoms with E-state index >= 15 is 0 Å². The van der Waals surface area contributed by atoms with Gasteiger partial charge in [0.25, 0.3) is 0 Å². The first-order valence-corrected chi connectivity index (χ1v) is 6.88. The summed E-state index contributed by atoms with van der Waals surface area (Å²) in [5.74, 6) is 0.110. The second-order valence-corrected chi connectivity index (χ2v) is 5.55. The Kier molecular flexibility index (Phi) is 4.24. The summed E-state index contributed by atoms with van der Waals surface area (Å²) in [6, 6.07) is -0.750. The number of carbonyl (C=O) groups is 2. The summed E-state index contributed by atoms with van der Waals surface area (Å²) in [7, 11) is 0. The third-order valence-corrected chi connectivity index (χ3v) is 3.82. The predicted molar refractivity (Wildman–Crippen MR) is 71.4 cm³/mol. The van der Waals surface area contributed by atoms with E-state index in [-0.39, 0.29) is 35.9 Å². The first-order valence-electron chi connectivity index (χ1n) is 6.88. The Morgan fingerprint density at radius 1 is 1.53 bits per heavy atom. The Hall–Kier alpha value is -1.36. The van der Waals surface area contributed by atoms with Crippen LogP contribution in [-0.4, -0.2) is 48.1 Å². The first-order chi connectivity index (χ1) is 9.04. The molecule has 2 amide bonds. The van der Waals surface area contributed by atoms with Gasteiger partial charge in [-0.2, -0.15) is 0 Å². The molecular weight excluding hydrogens is 244 g/mol. The molecule has 19 heavy (non-hydrogen) atoms. The molecule has 3 atom stereocenters. The van der Waals surface area contributed by atoms with Crippen molar-refractivity contribution in [2.75, 3.05) is 13.2 Å². The molecule has 5 nitrogen and oxygen atoms in total. The quantitative estimate of drug-likeness (QED) is 0.762. The standard InChI is InChI=1S/C14H22N2O3/c1-4-7-19-10-5-6-16-11(8-10)13(17)15-12(9(2)3)14(16)18/h4,9-12H,1,5-8H2,2-3H3,(H,15,17). The molecule has 2 saturated heterocycles. The van der Waals surface area contributed by atoms with Crippen molar-refractivity contribution in [3.8, 4) is 0 Å². The van der Waals surface area contributed by atoms with Crippen LogP contribution in [0, 0.1) is 5.92 Å². The molecule has 0 bridgehead atoms. The van der Waals surface area contributed by atoms with Crippen molar-refractivity contribution >= 4 is 11.8 Å². The fraction of sp³-hybridized carbons (Fsp3) is 0.714. The molecule has 0 radical (unpaired) electrons. The third kappa shape index (κ3) is 2.81. The van der Waals surface area contributed by atoms with Crippen LogP contribution in [0.5, 0.6) is 0 Å². The molecule has 2 rings (SSSR count). The number of amides is 2. The lowest BCUT2D eigenvalue weighted by Gasteiger charge is -2.44. The number of hydrogen-bond donors (Lipinski definition) is 1. The number of nitrogens with one attached hydrogen (secondary N) is 1. The zero-order valence-electron chi connectivity index (χ0n) is 11.6. The minimum Gasteiger partial charge on any atom is -0.374 e. The molecule has 0 spiro atoms. The molecule has 0 saturated carbocycles. The summed E-state index contributed by atoms with van der Waals surface area (Å²) in [4.78, 5) is 26.2. The zero-order valence-corrected chi connectivity index (χ0v) is 11.6. The Labute approximate surface area is 114 Å². The van der Waals surface area contributed by atoms with Crippen LogP contribution in [0.2, 0.25) is 0 Å². The van der Waals surface area contributed by atoms with Gasteiger partial charge in [-0.3, -0.25) is 9.59 Å². The van der Waals surface area contributed by atoms with Gasteiger partial charge in [0, 0.05) is 13.0 Å². The molecule has 2 aliphatic rings. The minimum absolute atomic E-state index is 0.0356. The molecule has 0 aromatic carbocycles. The number of piperidine rings is 1. The van der Waals surface area contributed by atoms with E-state index < -0.39 is 0 Å². The van der Waals surface area contributed by atoms with E-state index in [0.717, 1.165) is 6.42 Å². The average Bonchev–Trinajstić information content (AvgIpc) is 2.40. The molecular formula is C14H22N2O3. The lowest BCUT2D eigenvalue weighted by atomic mass is 9.91. The van der Waals surface area contributed by atoms with E-state index in [1.165, 1.54) is 0 Å². The summed E-state index contributed by atoms with van der Waals surface area (Å²) < 4.78 is 5.60. The van der Waals surface area contributed by atoms with E-state index in [1.807, 2.05) is 13.8 Å². The van der Waals surface area contributed by atoms with Crippen LogP contribution in [0.25, 0.3) is 0 Å². The van der Waals surface area contributed by atoms with Gasteiger partial charge < -0.3 is 15.0 Å². The number of carbonyl (C=O) groups excluding carboxylic acids is 2. The molecule has 0 aromatic heterocycles. The number of piperazine rings is 1. The highest BCUT2D eigenvalue weighted by Crippen LogP contribution is 2.25. The van der Waals surface area contributed by atoms with Gasteiger partial charge in [0.2, 0.25) is 11.8 Å². The highest BCUT2D eigenvalue weighted by atomic mass is 16.5. The van der Waals surface area contributed by atoms with Crippen molar-refractivity contribution in [3.63, 3.8) is 0 Å². The van der Waals surface area contributed by atoms with E-state index in [1.54, 1.807) is 11.0 Å². The fourth-order valence-electron chi connectivity index (χ4n) is 2.74. The van der Waals surface area contributed by atoms with Gasteiger partial charge in [-0.25, -0.2) is 0 Å². The Morgan fingerprint density at radius 2 is 2.26 bits per heavy atom.